The van der Waals surface area contributed by atoms with E-state index in [4.69, 9.17) is 0 Å². The number of alkyl halides is 2. The lowest BCUT2D eigenvalue weighted by atomic mass is 9.61. The standard InChI is InChI=1S/C29H45F2NO2/c1-19(10-13-32-14-11-22(18-32)17-28(30)31)24-8-9-25-23(5-4-12-29(24,25)3)7-6-21-15-26(33)20(2)27(34)16-21/h6-7,19,22,24-28,33-34H,2,4-5,8-18H2,1,3H3/b23-7+/t19?,22-,24+,25-,26+,27+,29+/m0/s1. The molecule has 1 aliphatic heterocycles. The third-order valence-corrected chi connectivity index (χ3v) is 9.81. The largest absolute Gasteiger partial charge is 0.388 e. The number of fused-ring (bicyclic) bond motifs is 1. The summed E-state index contributed by atoms with van der Waals surface area (Å²) in [5.41, 5.74) is 3.55. The molecule has 7 atom stereocenters. The van der Waals surface area contributed by atoms with E-state index in [0.29, 0.717) is 35.7 Å². The highest BCUT2D eigenvalue weighted by Crippen LogP contribution is 2.59. The summed E-state index contributed by atoms with van der Waals surface area (Å²) in [4.78, 5) is 2.42. The van der Waals surface area contributed by atoms with Crippen LogP contribution in [0.3, 0.4) is 0 Å². The fourth-order valence-electron chi connectivity index (χ4n) is 7.79. The number of aliphatic hydroxyl groups excluding tert-OH is 2. The second-order valence-electron chi connectivity index (χ2n) is 12.0. The lowest BCUT2D eigenvalue weighted by Crippen LogP contribution is -2.37. The Kier molecular flexibility index (Phi) is 8.36. The van der Waals surface area contributed by atoms with Crippen molar-refractivity contribution in [1.29, 1.82) is 0 Å². The van der Waals surface area contributed by atoms with E-state index in [1.807, 2.05) is 0 Å². The van der Waals surface area contributed by atoms with E-state index in [0.717, 1.165) is 50.4 Å². The lowest BCUT2D eigenvalue weighted by Gasteiger charge is -2.44. The molecule has 4 aliphatic rings. The van der Waals surface area contributed by atoms with Gasteiger partial charge in [-0.2, -0.15) is 0 Å². The highest BCUT2D eigenvalue weighted by molar-refractivity contribution is 5.29. The van der Waals surface area contributed by atoms with Crippen molar-refractivity contribution in [2.45, 2.75) is 96.7 Å². The predicted octanol–water partition coefficient (Wildman–Crippen LogP) is 6.13. The molecule has 3 aliphatic carbocycles. The van der Waals surface area contributed by atoms with E-state index in [1.165, 1.54) is 25.7 Å². The normalized spacial score (nSPS) is 39.1. The molecular weight excluding hydrogens is 432 g/mol. The van der Waals surface area contributed by atoms with Gasteiger partial charge in [0.25, 0.3) is 0 Å². The Morgan fingerprint density at radius 1 is 1.15 bits per heavy atom. The van der Waals surface area contributed by atoms with E-state index in [-0.39, 0.29) is 12.3 Å². The van der Waals surface area contributed by atoms with Gasteiger partial charge < -0.3 is 15.1 Å². The van der Waals surface area contributed by atoms with E-state index >= 15 is 0 Å². The first kappa shape index (κ1) is 26.0. The van der Waals surface area contributed by atoms with E-state index in [2.05, 4.69) is 37.5 Å². The van der Waals surface area contributed by atoms with E-state index in [1.54, 1.807) is 5.57 Å². The molecule has 3 nitrogen and oxygen atoms in total. The summed E-state index contributed by atoms with van der Waals surface area (Å²) in [6.07, 6.45) is 10.6. The Morgan fingerprint density at radius 3 is 2.59 bits per heavy atom. The highest BCUT2D eigenvalue weighted by Gasteiger charge is 2.50. The smallest absolute Gasteiger partial charge is 0.238 e. The molecule has 192 valence electrons. The minimum Gasteiger partial charge on any atom is -0.388 e. The molecule has 4 rings (SSSR count). The average molecular weight is 478 g/mol. The van der Waals surface area contributed by atoms with Crippen molar-refractivity contribution in [1.82, 2.24) is 4.90 Å². The lowest BCUT2D eigenvalue weighted by molar-refractivity contribution is 0.0887. The molecule has 5 heteroatoms. The van der Waals surface area contributed by atoms with Crippen LogP contribution in [0.1, 0.15) is 78.1 Å². The molecule has 0 spiro atoms. The van der Waals surface area contributed by atoms with Gasteiger partial charge in [0.05, 0.1) is 12.2 Å². The Balaban J connectivity index is 1.35. The van der Waals surface area contributed by atoms with Gasteiger partial charge in [-0.25, -0.2) is 8.78 Å². The zero-order valence-corrected chi connectivity index (χ0v) is 21.2. The quantitative estimate of drug-likeness (QED) is 0.434. The number of halogens is 2. The number of hydrogen-bond acceptors (Lipinski definition) is 3. The van der Waals surface area contributed by atoms with Gasteiger partial charge in [-0.3, -0.25) is 0 Å². The van der Waals surface area contributed by atoms with Gasteiger partial charge in [0.2, 0.25) is 6.43 Å². The zero-order chi connectivity index (χ0) is 24.5. The summed E-state index contributed by atoms with van der Waals surface area (Å²) in [6, 6.07) is 0. The Hall–Kier alpha value is -1.04. The van der Waals surface area contributed by atoms with Gasteiger partial charge in [-0.1, -0.05) is 43.7 Å². The van der Waals surface area contributed by atoms with Gasteiger partial charge in [-0.15, -0.1) is 0 Å². The van der Waals surface area contributed by atoms with Crippen molar-refractivity contribution in [2.24, 2.45) is 29.1 Å². The molecule has 0 radical (unpaired) electrons. The number of nitrogens with zero attached hydrogens (tertiary/aromatic N) is 1. The minimum absolute atomic E-state index is 0.0619. The monoisotopic (exact) mass is 477 g/mol. The molecule has 4 fully saturated rings. The number of hydrogen-bond donors (Lipinski definition) is 2. The summed E-state index contributed by atoms with van der Waals surface area (Å²) < 4.78 is 25.4. The molecule has 1 heterocycles. The van der Waals surface area contributed by atoms with Crippen LogP contribution in [0.15, 0.2) is 35.5 Å². The van der Waals surface area contributed by atoms with Crippen LogP contribution in [-0.2, 0) is 0 Å². The molecule has 0 aromatic rings. The van der Waals surface area contributed by atoms with E-state index in [9.17, 15) is 19.0 Å². The van der Waals surface area contributed by atoms with Crippen LogP contribution in [0.5, 0.6) is 0 Å². The van der Waals surface area contributed by atoms with Gasteiger partial charge in [0.1, 0.15) is 0 Å². The van der Waals surface area contributed by atoms with Crippen LogP contribution in [0, 0.1) is 29.1 Å². The first-order valence-corrected chi connectivity index (χ1v) is 13.6. The number of rotatable bonds is 7. The molecule has 1 saturated heterocycles. The molecule has 2 N–H and O–H groups in total. The number of aliphatic hydroxyl groups is 2. The third kappa shape index (κ3) is 5.68. The topological polar surface area (TPSA) is 43.7 Å². The molecule has 3 saturated carbocycles. The maximum Gasteiger partial charge on any atom is 0.238 e. The average Bonchev–Trinajstić information content (AvgIpc) is 3.37. The van der Waals surface area contributed by atoms with Crippen LogP contribution < -0.4 is 0 Å². The molecule has 1 unspecified atom stereocenters. The first-order chi connectivity index (χ1) is 16.2. The molecule has 0 aromatic carbocycles. The summed E-state index contributed by atoms with van der Waals surface area (Å²) in [6.45, 7) is 11.6. The van der Waals surface area contributed by atoms with Crippen molar-refractivity contribution in [3.63, 3.8) is 0 Å². The minimum atomic E-state index is -2.17. The fraction of sp³-hybridized carbons (Fsp3) is 0.793. The van der Waals surface area contributed by atoms with Crippen LogP contribution in [0.2, 0.25) is 0 Å². The molecule has 34 heavy (non-hydrogen) atoms. The van der Waals surface area contributed by atoms with Gasteiger partial charge >= 0.3 is 0 Å². The van der Waals surface area contributed by atoms with Crippen LogP contribution in [0.25, 0.3) is 0 Å². The van der Waals surface area contributed by atoms with Gasteiger partial charge in [0.15, 0.2) is 0 Å². The maximum atomic E-state index is 12.7. The molecule has 0 amide bonds. The number of allylic oxidation sites excluding steroid dienone is 3. The van der Waals surface area contributed by atoms with E-state index < -0.39 is 18.6 Å². The van der Waals surface area contributed by atoms with Crippen molar-refractivity contribution in [2.75, 3.05) is 19.6 Å². The molecule has 0 aromatic heterocycles. The van der Waals surface area contributed by atoms with Crippen LogP contribution in [0.4, 0.5) is 8.78 Å². The Morgan fingerprint density at radius 2 is 1.88 bits per heavy atom. The molecular formula is C29H45F2NO2. The third-order valence-electron chi connectivity index (χ3n) is 9.81. The zero-order valence-electron chi connectivity index (χ0n) is 21.2. The molecule has 0 bridgehead atoms. The van der Waals surface area contributed by atoms with Crippen molar-refractivity contribution in [3.8, 4) is 0 Å². The summed E-state index contributed by atoms with van der Waals surface area (Å²) >= 11 is 0. The van der Waals surface area contributed by atoms with Gasteiger partial charge in [0, 0.05) is 13.0 Å². The number of likely N-dealkylation sites (tertiary alicyclic amines) is 1. The first-order valence-electron chi connectivity index (χ1n) is 13.6. The van der Waals surface area contributed by atoms with Gasteiger partial charge in [-0.05, 0) is 106 Å². The van der Waals surface area contributed by atoms with Crippen LogP contribution >= 0.6 is 0 Å². The summed E-state index contributed by atoms with van der Waals surface area (Å²) in [5, 5.41) is 20.3. The fourth-order valence-corrected chi connectivity index (χ4v) is 7.79. The Bertz CT molecular complexity index is 777. The summed E-state index contributed by atoms with van der Waals surface area (Å²) in [5.74, 6) is 2.17. The SMILES string of the molecule is C=C1[C@H](O)CC(=C/C=C2\CCC[C@]3(C)[C@@H](C(C)CCN4CC[C@@H](CC(F)F)C4)CC[C@@H]23)C[C@H]1O. The van der Waals surface area contributed by atoms with Crippen molar-refractivity contribution < 1.29 is 19.0 Å². The highest BCUT2D eigenvalue weighted by atomic mass is 19.3. The van der Waals surface area contributed by atoms with Crippen molar-refractivity contribution >= 4 is 0 Å². The Labute approximate surface area is 205 Å². The van der Waals surface area contributed by atoms with Crippen molar-refractivity contribution in [3.05, 3.63) is 35.5 Å². The second-order valence-corrected chi connectivity index (χ2v) is 12.0. The summed E-state index contributed by atoms with van der Waals surface area (Å²) in [7, 11) is 0. The maximum absolute atomic E-state index is 12.7. The van der Waals surface area contributed by atoms with Crippen LogP contribution in [-0.4, -0.2) is 53.4 Å². The predicted molar refractivity (Wildman–Crippen MR) is 134 cm³/mol. The second kappa shape index (κ2) is 10.9.